The predicted molar refractivity (Wildman–Crippen MR) is 59.3 cm³/mol. The van der Waals surface area contributed by atoms with Gasteiger partial charge < -0.3 is 11.5 Å². The zero-order valence-electron chi connectivity index (χ0n) is 7.84. The van der Waals surface area contributed by atoms with E-state index in [4.69, 9.17) is 11.5 Å². The van der Waals surface area contributed by atoms with Crippen molar-refractivity contribution in [2.24, 2.45) is 11.5 Å². The van der Waals surface area contributed by atoms with Crippen LogP contribution in [0.5, 0.6) is 0 Å². The van der Waals surface area contributed by atoms with Gasteiger partial charge in [-0.15, -0.1) is 0 Å². The molecular formula is C10H14BrFN2. The molecule has 0 saturated carbocycles. The Balaban J connectivity index is 2.77. The minimum atomic E-state index is -0.268. The molecule has 0 saturated heterocycles. The minimum absolute atomic E-state index is 0.252. The topological polar surface area (TPSA) is 52.0 Å². The molecule has 0 radical (unpaired) electrons. The van der Waals surface area contributed by atoms with Crippen molar-refractivity contribution < 1.29 is 4.39 Å². The highest BCUT2D eigenvalue weighted by Gasteiger charge is 2.10. The summed E-state index contributed by atoms with van der Waals surface area (Å²) in [6.45, 7) is 0.587. The Morgan fingerprint density at radius 3 is 2.79 bits per heavy atom. The third-order valence-electron chi connectivity index (χ3n) is 2.08. The van der Waals surface area contributed by atoms with E-state index in [0.29, 0.717) is 18.5 Å². The van der Waals surface area contributed by atoms with E-state index in [0.717, 1.165) is 10.9 Å². The summed E-state index contributed by atoms with van der Waals surface area (Å²) in [4.78, 5) is 0. The fourth-order valence-electron chi connectivity index (χ4n) is 1.29. The lowest BCUT2D eigenvalue weighted by atomic mass is 10.0. The van der Waals surface area contributed by atoms with Crippen molar-refractivity contribution in [2.75, 3.05) is 6.54 Å². The lowest BCUT2D eigenvalue weighted by Gasteiger charge is -2.12. The van der Waals surface area contributed by atoms with E-state index in [1.165, 1.54) is 6.07 Å². The summed E-state index contributed by atoms with van der Waals surface area (Å²) in [5, 5.41) is 0. The second-order valence-electron chi connectivity index (χ2n) is 3.20. The molecule has 0 fully saturated rings. The molecule has 2 nitrogen and oxygen atoms in total. The SMILES string of the molecule is NCCC[C@H](N)c1cc(Br)ccc1F. The van der Waals surface area contributed by atoms with Gasteiger partial charge in [-0.25, -0.2) is 4.39 Å². The third-order valence-corrected chi connectivity index (χ3v) is 2.57. The van der Waals surface area contributed by atoms with Crippen LogP contribution in [0.1, 0.15) is 24.4 Å². The highest BCUT2D eigenvalue weighted by Crippen LogP contribution is 2.22. The molecule has 1 rings (SSSR count). The van der Waals surface area contributed by atoms with Gasteiger partial charge in [0.15, 0.2) is 0 Å². The van der Waals surface area contributed by atoms with E-state index in [1.807, 2.05) is 0 Å². The maximum atomic E-state index is 13.3. The van der Waals surface area contributed by atoms with Gasteiger partial charge in [0, 0.05) is 16.1 Å². The summed E-state index contributed by atoms with van der Waals surface area (Å²) in [6, 6.07) is 4.53. The normalized spacial score (nSPS) is 12.9. The highest BCUT2D eigenvalue weighted by molar-refractivity contribution is 9.10. The molecule has 1 aromatic carbocycles. The second kappa shape index (κ2) is 5.44. The highest BCUT2D eigenvalue weighted by atomic mass is 79.9. The van der Waals surface area contributed by atoms with Crippen molar-refractivity contribution in [3.8, 4) is 0 Å². The molecule has 1 aromatic rings. The molecule has 0 unspecified atom stereocenters. The summed E-state index contributed by atoms with van der Waals surface area (Å²) in [7, 11) is 0. The molecule has 1 atom stereocenters. The van der Waals surface area contributed by atoms with Gasteiger partial charge in [0.2, 0.25) is 0 Å². The van der Waals surface area contributed by atoms with Crippen molar-refractivity contribution >= 4 is 15.9 Å². The Labute approximate surface area is 91.6 Å². The van der Waals surface area contributed by atoms with Gasteiger partial charge in [0.25, 0.3) is 0 Å². The maximum absolute atomic E-state index is 13.3. The van der Waals surface area contributed by atoms with Gasteiger partial charge in [0.05, 0.1) is 0 Å². The van der Waals surface area contributed by atoms with Crippen molar-refractivity contribution in [3.05, 3.63) is 34.1 Å². The standard InChI is InChI=1S/C10H14BrFN2/c11-7-3-4-9(12)8(6-7)10(14)2-1-5-13/h3-4,6,10H,1-2,5,13-14H2/t10-/m0/s1. The Morgan fingerprint density at radius 2 is 2.14 bits per heavy atom. The second-order valence-corrected chi connectivity index (χ2v) is 4.12. The van der Waals surface area contributed by atoms with E-state index in [-0.39, 0.29) is 11.9 Å². The van der Waals surface area contributed by atoms with E-state index >= 15 is 0 Å². The molecule has 4 heteroatoms. The molecule has 0 heterocycles. The molecule has 0 aliphatic carbocycles. The van der Waals surface area contributed by atoms with Gasteiger partial charge in [0.1, 0.15) is 5.82 Å². The van der Waals surface area contributed by atoms with Crippen molar-refractivity contribution in [3.63, 3.8) is 0 Å². The Kier molecular flexibility index (Phi) is 4.51. The summed E-state index contributed by atoms with van der Waals surface area (Å²) < 4.78 is 14.2. The summed E-state index contributed by atoms with van der Waals surface area (Å²) in [5.41, 5.74) is 11.7. The Hall–Kier alpha value is -0.450. The monoisotopic (exact) mass is 260 g/mol. The molecule has 0 amide bonds. The summed E-state index contributed by atoms with van der Waals surface area (Å²) >= 11 is 3.29. The molecule has 0 aromatic heterocycles. The molecule has 0 aliphatic rings. The van der Waals surface area contributed by atoms with Crippen molar-refractivity contribution in [1.29, 1.82) is 0 Å². The van der Waals surface area contributed by atoms with Crippen LogP contribution in [0.2, 0.25) is 0 Å². The van der Waals surface area contributed by atoms with E-state index in [2.05, 4.69) is 15.9 Å². The molecule has 0 bridgehead atoms. The number of benzene rings is 1. The average molecular weight is 261 g/mol. The van der Waals surface area contributed by atoms with Crippen LogP contribution in [0.15, 0.2) is 22.7 Å². The minimum Gasteiger partial charge on any atom is -0.330 e. The van der Waals surface area contributed by atoms with Gasteiger partial charge in [-0.2, -0.15) is 0 Å². The number of nitrogens with two attached hydrogens (primary N) is 2. The van der Waals surface area contributed by atoms with Crippen LogP contribution in [0.3, 0.4) is 0 Å². The summed E-state index contributed by atoms with van der Waals surface area (Å²) in [6.07, 6.45) is 1.52. The van der Waals surface area contributed by atoms with Crippen LogP contribution < -0.4 is 11.5 Å². The van der Waals surface area contributed by atoms with E-state index in [9.17, 15) is 4.39 Å². The largest absolute Gasteiger partial charge is 0.330 e. The number of hydrogen-bond acceptors (Lipinski definition) is 2. The molecule has 0 aliphatic heterocycles. The van der Waals surface area contributed by atoms with Crippen LogP contribution in [0.4, 0.5) is 4.39 Å². The van der Waals surface area contributed by atoms with Crippen LogP contribution in [-0.4, -0.2) is 6.54 Å². The molecule has 78 valence electrons. The predicted octanol–water partition coefficient (Wildman–Crippen LogP) is 2.33. The first-order chi connectivity index (χ1) is 6.65. The molecule has 14 heavy (non-hydrogen) atoms. The maximum Gasteiger partial charge on any atom is 0.128 e. The van der Waals surface area contributed by atoms with Crippen LogP contribution in [0.25, 0.3) is 0 Å². The Bertz CT molecular complexity index is 304. The first kappa shape index (κ1) is 11.6. The Morgan fingerprint density at radius 1 is 1.43 bits per heavy atom. The summed E-state index contributed by atoms with van der Waals surface area (Å²) in [5.74, 6) is -0.252. The van der Waals surface area contributed by atoms with E-state index in [1.54, 1.807) is 12.1 Å². The third kappa shape index (κ3) is 3.04. The number of halogens is 2. The fraction of sp³-hybridized carbons (Fsp3) is 0.400. The first-order valence-electron chi connectivity index (χ1n) is 4.55. The lowest BCUT2D eigenvalue weighted by Crippen LogP contribution is -2.14. The van der Waals surface area contributed by atoms with Crippen molar-refractivity contribution in [1.82, 2.24) is 0 Å². The molecular weight excluding hydrogens is 247 g/mol. The first-order valence-corrected chi connectivity index (χ1v) is 5.35. The van der Waals surface area contributed by atoms with Gasteiger partial charge in [-0.1, -0.05) is 15.9 Å². The average Bonchev–Trinajstić information content (AvgIpc) is 2.18. The zero-order valence-corrected chi connectivity index (χ0v) is 9.43. The van der Waals surface area contributed by atoms with Crippen molar-refractivity contribution in [2.45, 2.75) is 18.9 Å². The van der Waals surface area contributed by atoms with Gasteiger partial charge in [-0.3, -0.25) is 0 Å². The zero-order chi connectivity index (χ0) is 10.6. The smallest absolute Gasteiger partial charge is 0.128 e. The van der Waals surface area contributed by atoms with Crippen LogP contribution in [-0.2, 0) is 0 Å². The lowest BCUT2D eigenvalue weighted by molar-refractivity contribution is 0.553. The van der Waals surface area contributed by atoms with Crippen LogP contribution >= 0.6 is 15.9 Å². The van der Waals surface area contributed by atoms with Gasteiger partial charge >= 0.3 is 0 Å². The molecule has 4 N–H and O–H groups in total. The quantitative estimate of drug-likeness (QED) is 0.873. The number of hydrogen-bond donors (Lipinski definition) is 2. The van der Waals surface area contributed by atoms with E-state index < -0.39 is 0 Å². The van der Waals surface area contributed by atoms with Gasteiger partial charge in [-0.05, 0) is 37.6 Å². The fourth-order valence-corrected chi connectivity index (χ4v) is 1.67. The number of rotatable bonds is 4. The van der Waals surface area contributed by atoms with Crippen LogP contribution in [0, 0.1) is 5.82 Å². The molecule has 0 spiro atoms.